The summed E-state index contributed by atoms with van der Waals surface area (Å²) in [6.07, 6.45) is 1.01. The molecule has 0 fully saturated rings. The molecule has 0 bridgehead atoms. The molecule has 0 heterocycles. The fraction of sp³-hybridized carbons (Fsp3) is 0.500. The molecule has 1 atom stereocenters. The van der Waals surface area contributed by atoms with Crippen LogP contribution >= 0.6 is 0 Å². The zero-order valence-electron chi connectivity index (χ0n) is 11.0. The van der Waals surface area contributed by atoms with Gasteiger partial charge in [-0.25, -0.2) is 8.78 Å². The number of carbonyl (C=O) groups is 1. The zero-order chi connectivity index (χ0) is 13.7. The standard InChI is InChI=1S/C14H19F2NO/c1-4-10(2)8-17(3)9-13(18)14-11(15)6-5-7-12(14)16/h5-7,10H,4,8-9H2,1-3H3. The Morgan fingerprint density at radius 1 is 1.33 bits per heavy atom. The lowest BCUT2D eigenvalue weighted by atomic mass is 10.1. The van der Waals surface area contributed by atoms with Crippen molar-refractivity contribution in [2.24, 2.45) is 5.92 Å². The third-order valence-electron chi connectivity index (χ3n) is 2.98. The summed E-state index contributed by atoms with van der Waals surface area (Å²) < 4.78 is 26.8. The predicted molar refractivity (Wildman–Crippen MR) is 67.6 cm³/mol. The van der Waals surface area contributed by atoms with E-state index in [-0.39, 0.29) is 6.54 Å². The van der Waals surface area contributed by atoms with E-state index in [0.29, 0.717) is 5.92 Å². The average molecular weight is 255 g/mol. The zero-order valence-corrected chi connectivity index (χ0v) is 11.0. The van der Waals surface area contributed by atoms with E-state index >= 15 is 0 Å². The molecule has 0 radical (unpaired) electrons. The van der Waals surface area contributed by atoms with Crippen LogP contribution in [0.2, 0.25) is 0 Å². The molecule has 0 saturated heterocycles. The molecule has 1 unspecified atom stereocenters. The largest absolute Gasteiger partial charge is 0.299 e. The van der Waals surface area contributed by atoms with Gasteiger partial charge in [0.05, 0.1) is 12.1 Å². The van der Waals surface area contributed by atoms with Gasteiger partial charge >= 0.3 is 0 Å². The van der Waals surface area contributed by atoms with Crippen molar-refractivity contribution in [3.63, 3.8) is 0 Å². The van der Waals surface area contributed by atoms with Crippen LogP contribution in [0.1, 0.15) is 30.6 Å². The number of halogens is 2. The van der Waals surface area contributed by atoms with Crippen molar-refractivity contribution < 1.29 is 13.6 Å². The Morgan fingerprint density at radius 3 is 2.39 bits per heavy atom. The second-order valence-electron chi connectivity index (χ2n) is 4.73. The Bertz CT molecular complexity index is 400. The summed E-state index contributed by atoms with van der Waals surface area (Å²) in [5.74, 6) is -1.65. The number of hydrogen-bond acceptors (Lipinski definition) is 2. The first-order valence-corrected chi connectivity index (χ1v) is 6.11. The maximum Gasteiger partial charge on any atom is 0.182 e. The van der Waals surface area contributed by atoms with Gasteiger partial charge < -0.3 is 0 Å². The van der Waals surface area contributed by atoms with Crippen molar-refractivity contribution >= 4 is 5.78 Å². The van der Waals surface area contributed by atoms with Crippen molar-refractivity contribution in [3.05, 3.63) is 35.4 Å². The van der Waals surface area contributed by atoms with Crippen molar-refractivity contribution in [2.75, 3.05) is 20.1 Å². The molecule has 1 rings (SSSR count). The maximum atomic E-state index is 13.4. The highest BCUT2D eigenvalue weighted by molar-refractivity contribution is 5.98. The first kappa shape index (κ1) is 14.8. The van der Waals surface area contributed by atoms with E-state index in [1.807, 2.05) is 0 Å². The van der Waals surface area contributed by atoms with E-state index in [9.17, 15) is 13.6 Å². The fourth-order valence-corrected chi connectivity index (χ4v) is 1.81. The van der Waals surface area contributed by atoms with Gasteiger partial charge in [-0.3, -0.25) is 9.69 Å². The molecule has 0 amide bonds. The number of nitrogens with zero attached hydrogens (tertiary/aromatic N) is 1. The molecular weight excluding hydrogens is 236 g/mol. The summed E-state index contributed by atoms with van der Waals surface area (Å²) in [4.78, 5) is 13.6. The van der Waals surface area contributed by atoms with E-state index in [2.05, 4.69) is 13.8 Å². The smallest absolute Gasteiger partial charge is 0.182 e. The average Bonchev–Trinajstić information content (AvgIpc) is 2.28. The molecule has 4 heteroatoms. The van der Waals surface area contributed by atoms with Gasteiger partial charge in [0.1, 0.15) is 11.6 Å². The molecular formula is C14H19F2NO. The predicted octanol–water partition coefficient (Wildman–Crippen LogP) is 3.13. The van der Waals surface area contributed by atoms with Gasteiger partial charge in [-0.1, -0.05) is 26.3 Å². The Labute approximate surface area is 107 Å². The van der Waals surface area contributed by atoms with E-state index in [4.69, 9.17) is 0 Å². The minimum Gasteiger partial charge on any atom is -0.299 e. The van der Waals surface area contributed by atoms with Gasteiger partial charge in [-0.05, 0) is 25.1 Å². The first-order valence-electron chi connectivity index (χ1n) is 6.11. The highest BCUT2D eigenvalue weighted by Crippen LogP contribution is 2.13. The molecule has 1 aromatic carbocycles. The topological polar surface area (TPSA) is 20.3 Å². The van der Waals surface area contributed by atoms with Crippen LogP contribution < -0.4 is 0 Å². The van der Waals surface area contributed by atoms with E-state index < -0.39 is 23.0 Å². The molecule has 0 aliphatic heterocycles. The van der Waals surface area contributed by atoms with E-state index in [0.717, 1.165) is 25.1 Å². The van der Waals surface area contributed by atoms with Crippen molar-refractivity contribution in [3.8, 4) is 0 Å². The summed E-state index contributed by atoms with van der Waals surface area (Å²) >= 11 is 0. The molecule has 0 aliphatic rings. The van der Waals surface area contributed by atoms with Gasteiger partial charge in [0.2, 0.25) is 0 Å². The number of ketones is 1. The van der Waals surface area contributed by atoms with Gasteiger partial charge in [-0.15, -0.1) is 0 Å². The van der Waals surface area contributed by atoms with Crippen molar-refractivity contribution in [1.29, 1.82) is 0 Å². The van der Waals surface area contributed by atoms with Crippen LogP contribution in [0.3, 0.4) is 0 Å². The molecule has 0 saturated carbocycles. The van der Waals surface area contributed by atoms with Gasteiger partial charge in [0, 0.05) is 6.54 Å². The molecule has 1 aromatic rings. The highest BCUT2D eigenvalue weighted by Gasteiger charge is 2.18. The number of hydrogen-bond donors (Lipinski definition) is 0. The molecule has 0 spiro atoms. The number of benzene rings is 1. The van der Waals surface area contributed by atoms with Crippen molar-refractivity contribution in [1.82, 2.24) is 4.90 Å². The van der Waals surface area contributed by atoms with Crippen LogP contribution in [0.25, 0.3) is 0 Å². The third-order valence-corrected chi connectivity index (χ3v) is 2.98. The Kier molecular flexibility index (Phi) is 5.41. The molecule has 0 N–H and O–H groups in total. The van der Waals surface area contributed by atoms with Gasteiger partial charge in [0.25, 0.3) is 0 Å². The number of Topliss-reactive ketones (excluding diaryl/α,β-unsaturated/α-hetero) is 1. The van der Waals surface area contributed by atoms with Crippen LogP contribution in [-0.4, -0.2) is 30.8 Å². The minimum absolute atomic E-state index is 0.0300. The summed E-state index contributed by atoms with van der Waals surface area (Å²) in [5.41, 5.74) is -0.437. The fourth-order valence-electron chi connectivity index (χ4n) is 1.81. The Balaban J connectivity index is 2.71. The third kappa shape index (κ3) is 3.88. The van der Waals surface area contributed by atoms with E-state index in [1.165, 1.54) is 6.07 Å². The molecule has 0 aliphatic carbocycles. The van der Waals surface area contributed by atoms with Crippen molar-refractivity contribution in [2.45, 2.75) is 20.3 Å². The summed E-state index contributed by atoms with van der Waals surface area (Å²) in [6.45, 7) is 4.90. The summed E-state index contributed by atoms with van der Waals surface area (Å²) in [7, 11) is 1.78. The van der Waals surface area contributed by atoms with Crippen LogP contribution in [0.15, 0.2) is 18.2 Å². The highest BCUT2D eigenvalue weighted by atomic mass is 19.1. The second-order valence-corrected chi connectivity index (χ2v) is 4.73. The molecule has 2 nitrogen and oxygen atoms in total. The minimum atomic E-state index is -0.795. The lowest BCUT2D eigenvalue weighted by molar-refractivity contribution is 0.0930. The second kappa shape index (κ2) is 6.59. The SMILES string of the molecule is CCC(C)CN(C)CC(=O)c1c(F)cccc1F. The number of rotatable bonds is 6. The summed E-state index contributed by atoms with van der Waals surface area (Å²) in [6, 6.07) is 3.46. The quantitative estimate of drug-likeness (QED) is 0.728. The molecule has 100 valence electrons. The Morgan fingerprint density at radius 2 is 1.89 bits per heavy atom. The van der Waals surface area contributed by atoms with Crippen LogP contribution in [0.5, 0.6) is 0 Å². The Hall–Kier alpha value is -1.29. The lowest BCUT2D eigenvalue weighted by Crippen LogP contribution is -2.30. The van der Waals surface area contributed by atoms with E-state index in [1.54, 1.807) is 11.9 Å². The van der Waals surface area contributed by atoms with Gasteiger partial charge in [0.15, 0.2) is 5.78 Å². The maximum absolute atomic E-state index is 13.4. The lowest BCUT2D eigenvalue weighted by Gasteiger charge is -2.19. The molecule has 18 heavy (non-hydrogen) atoms. The monoisotopic (exact) mass is 255 g/mol. The van der Waals surface area contributed by atoms with Crippen LogP contribution in [0, 0.1) is 17.6 Å². The van der Waals surface area contributed by atoms with Gasteiger partial charge in [-0.2, -0.15) is 0 Å². The summed E-state index contributed by atoms with van der Waals surface area (Å²) in [5, 5.41) is 0. The first-order chi connectivity index (χ1) is 8.45. The van der Waals surface area contributed by atoms with Crippen LogP contribution in [-0.2, 0) is 0 Å². The number of likely N-dealkylation sites (N-methyl/N-ethyl adjacent to an activating group) is 1. The normalized spacial score (nSPS) is 12.8. The molecule has 0 aromatic heterocycles. The van der Waals surface area contributed by atoms with Crippen LogP contribution in [0.4, 0.5) is 8.78 Å². The number of carbonyl (C=O) groups excluding carboxylic acids is 1.